The van der Waals surface area contributed by atoms with Crippen LogP contribution in [0.1, 0.15) is 13.8 Å². The molecule has 0 saturated carbocycles. The molecule has 70 valence electrons. The van der Waals surface area contributed by atoms with Crippen molar-refractivity contribution in [2.75, 3.05) is 27.2 Å². The van der Waals surface area contributed by atoms with Gasteiger partial charge in [-0.05, 0) is 13.8 Å². The average Bonchev–Trinajstić information content (AvgIpc) is 2.05. The second kappa shape index (κ2) is 5.63. The molecule has 1 amide bonds. The average molecular weight is 170 g/mol. The highest BCUT2D eigenvalue weighted by Crippen LogP contribution is 1.89. The van der Waals surface area contributed by atoms with Crippen LogP contribution in [0.25, 0.3) is 0 Å². The molecule has 12 heavy (non-hydrogen) atoms. The Morgan fingerprint density at radius 1 is 1.25 bits per heavy atom. The van der Waals surface area contributed by atoms with E-state index in [-0.39, 0.29) is 5.91 Å². The molecule has 0 spiro atoms. The normalized spacial score (nSPS) is 10.3. The number of amides is 1. The van der Waals surface area contributed by atoms with Crippen molar-refractivity contribution >= 4 is 5.91 Å². The van der Waals surface area contributed by atoms with Gasteiger partial charge in [0.2, 0.25) is 5.91 Å². The first-order valence-electron chi connectivity index (χ1n) is 4.25. The summed E-state index contributed by atoms with van der Waals surface area (Å²) in [6, 6.07) is 0. The molecule has 0 N–H and O–H groups in total. The standard InChI is InChI=1S/C9H18N2O/c1-5-11(6-2)8-7-9(12)10(3)4/h7-8H,5-6H2,1-4H3. The van der Waals surface area contributed by atoms with Crippen LogP contribution in [0.3, 0.4) is 0 Å². The van der Waals surface area contributed by atoms with Crippen molar-refractivity contribution in [2.45, 2.75) is 13.8 Å². The summed E-state index contributed by atoms with van der Waals surface area (Å²) in [5.41, 5.74) is 0. The van der Waals surface area contributed by atoms with E-state index in [1.807, 2.05) is 6.20 Å². The van der Waals surface area contributed by atoms with E-state index in [2.05, 4.69) is 18.7 Å². The van der Waals surface area contributed by atoms with Crippen LogP contribution in [0.15, 0.2) is 12.3 Å². The Bertz CT molecular complexity index is 160. The third kappa shape index (κ3) is 4.01. The predicted octanol–water partition coefficient (Wildman–Crippen LogP) is 0.930. The van der Waals surface area contributed by atoms with Gasteiger partial charge in [0.15, 0.2) is 0 Å². The molecule has 0 aromatic carbocycles. The van der Waals surface area contributed by atoms with Gasteiger partial charge < -0.3 is 9.80 Å². The molecular weight excluding hydrogens is 152 g/mol. The number of nitrogens with zero attached hydrogens (tertiary/aromatic N) is 2. The molecule has 0 aliphatic carbocycles. The summed E-state index contributed by atoms with van der Waals surface area (Å²) in [6.07, 6.45) is 3.43. The summed E-state index contributed by atoms with van der Waals surface area (Å²) in [5.74, 6) is 0.0295. The van der Waals surface area contributed by atoms with Gasteiger partial charge in [-0.3, -0.25) is 4.79 Å². The predicted molar refractivity (Wildman–Crippen MR) is 50.8 cm³/mol. The van der Waals surface area contributed by atoms with Crippen LogP contribution in [0.2, 0.25) is 0 Å². The first-order chi connectivity index (χ1) is 5.61. The van der Waals surface area contributed by atoms with Gasteiger partial charge in [0.1, 0.15) is 0 Å². The molecule has 0 bridgehead atoms. The molecule has 0 atom stereocenters. The third-order valence-corrected chi connectivity index (χ3v) is 1.68. The van der Waals surface area contributed by atoms with Gasteiger partial charge in [-0.2, -0.15) is 0 Å². The van der Waals surface area contributed by atoms with E-state index in [0.29, 0.717) is 0 Å². The first kappa shape index (κ1) is 11.0. The zero-order valence-electron chi connectivity index (χ0n) is 8.37. The van der Waals surface area contributed by atoms with E-state index in [9.17, 15) is 4.79 Å². The number of hydrogen-bond acceptors (Lipinski definition) is 2. The van der Waals surface area contributed by atoms with E-state index in [0.717, 1.165) is 13.1 Å². The van der Waals surface area contributed by atoms with E-state index in [1.54, 1.807) is 25.1 Å². The number of rotatable bonds is 4. The highest BCUT2D eigenvalue weighted by molar-refractivity contribution is 5.86. The van der Waals surface area contributed by atoms with E-state index >= 15 is 0 Å². The molecule has 3 nitrogen and oxygen atoms in total. The van der Waals surface area contributed by atoms with Crippen molar-refractivity contribution in [3.8, 4) is 0 Å². The molecular formula is C9H18N2O. The number of carbonyl (C=O) groups excluding carboxylic acids is 1. The van der Waals surface area contributed by atoms with E-state index < -0.39 is 0 Å². The first-order valence-corrected chi connectivity index (χ1v) is 4.25. The van der Waals surface area contributed by atoms with Crippen molar-refractivity contribution in [2.24, 2.45) is 0 Å². The van der Waals surface area contributed by atoms with Gasteiger partial charge >= 0.3 is 0 Å². The lowest BCUT2D eigenvalue weighted by atomic mass is 10.4. The fourth-order valence-corrected chi connectivity index (χ4v) is 0.753. The van der Waals surface area contributed by atoms with Crippen molar-refractivity contribution < 1.29 is 4.79 Å². The number of hydrogen-bond donors (Lipinski definition) is 0. The second-order valence-electron chi connectivity index (χ2n) is 2.77. The van der Waals surface area contributed by atoms with Crippen LogP contribution in [-0.2, 0) is 4.79 Å². The molecule has 0 radical (unpaired) electrons. The Kier molecular flexibility index (Phi) is 5.17. The van der Waals surface area contributed by atoms with Crippen LogP contribution in [0, 0.1) is 0 Å². The van der Waals surface area contributed by atoms with Gasteiger partial charge in [0, 0.05) is 39.5 Å². The molecule has 3 heteroatoms. The highest BCUT2D eigenvalue weighted by Gasteiger charge is 1.97. The monoisotopic (exact) mass is 170 g/mol. The Labute approximate surface area is 74.7 Å². The van der Waals surface area contributed by atoms with Crippen LogP contribution in [0.4, 0.5) is 0 Å². The minimum atomic E-state index is 0.0295. The lowest BCUT2D eigenvalue weighted by Gasteiger charge is -2.15. The van der Waals surface area contributed by atoms with Gasteiger partial charge in [-0.1, -0.05) is 0 Å². The fraction of sp³-hybridized carbons (Fsp3) is 0.667. The van der Waals surface area contributed by atoms with Crippen molar-refractivity contribution in [1.29, 1.82) is 0 Å². The maximum Gasteiger partial charge on any atom is 0.247 e. The lowest BCUT2D eigenvalue weighted by Crippen LogP contribution is -2.21. The van der Waals surface area contributed by atoms with Crippen LogP contribution in [0.5, 0.6) is 0 Å². The smallest absolute Gasteiger partial charge is 0.247 e. The zero-order valence-corrected chi connectivity index (χ0v) is 8.37. The number of likely N-dealkylation sites (N-methyl/N-ethyl adjacent to an activating group) is 1. The SMILES string of the molecule is CCN(C=CC(=O)N(C)C)CC. The summed E-state index contributed by atoms with van der Waals surface area (Å²) in [6.45, 7) is 6.00. The summed E-state index contributed by atoms with van der Waals surface area (Å²) in [7, 11) is 3.49. The quantitative estimate of drug-likeness (QED) is 0.586. The molecule has 0 saturated heterocycles. The van der Waals surface area contributed by atoms with Gasteiger partial charge in [0.25, 0.3) is 0 Å². The highest BCUT2D eigenvalue weighted by atomic mass is 16.2. The Morgan fingerprint density at radius 2 is 1.75 bits per heavy atom. The summed E-state index contributed by atoms with van der Waals surface area (Å²) >= 11 is 0. The fourth-order valence-electron chi connectivity index (χ4n) is 0.753. The third-order valence-electron chi connectivity index (χ3n) is 1.68. The Hall–Kier alpha value is -0.990. The Balaban J connectivity index is 3.95. The largest absolute Gasteiger partial charge is 0.378 e. The molecule has 0 rings (SSSR count). The molecule has 0 heterocycles. The minimum Gasteiger partial charge on any atom is -0.378 e. The van der Waals surface area contributed by atoms with Crippen molar-refractivity contribution in [1.82, 2.24) is 9.80 Å². The Morgan fingerprint density at radius 3 is 2.08 bits per heavy atom. The summed E-state index contributed by atoms with van der Waals surface area (Å²) in [4.78, 5) is 14.7. The van der Waals surface area contributed by atoms with Crippen LogP contribution in [-0.4, -0.2) is 42.9 Å². The van der Waals surface area contributed by atoms with Crippen molar-refractivity contribution in [3.05, 3.63) is 12.3 Å². The lowest BCUT2D eigenvalue weighted by molar-refractivity contribution is -0.123. The molecule has 0 aliphatic rings. The zero-order chi connectivity index (χ0) is 9.56. The minimum absolute atomic E-state index is 0.0295. The molecule has 0 aromatic rings. The summed E-state index contributed by atoms with van der Waals surface area (Å²) in [5, 5.41) is 0. The van der Waals surface area contributed by atoms with Crippen LogP contribution < -0.4 is 0 Å². The second-order valence-corrected chi connectivity index (χ2v) is 2.77. The topological polar surface area (TPSA) is 23.6 Å². The van der Waals surface area contributed by atoms with E-state index in [1.165, 1.54) is 0 Å². The molecule has 0 unspecified atom stereocenters. The number of carbonyl (C=O) groups is 1. The van der Waals surface area contributed by atoms with Crippen LogP contribution >= 0.6 is 0 Å². The maximum atomic E-state index is 11.1. The van der Waals surface area contributed by atoms with Gasteiger partial charge in [-0.15, -0.1) is 0 Å². The van der Waals surface area contributed by atoms with Gasteiger partial charge in [-0.25, -0.2) is 0 Å². The maximum absolute atomic E-state index is 11.1. The van der Waals surface area contributed by atoms with E-state index in [4.69, 9.17) is 0 Å². The van der Waals surface area contributed by atoms with Crippen molar-refractivity contribution in [3.63, 3.8) is 0 Å². The summed E-state index contributed by atoms with van der Waals surface area (Å²) < 4.78 is 0. The molecule has 0 aliphatic heterocycles. The van der Waals surface area contributed by atoms with Gasteiger partial charge in [0.05, 0.1) is 0 Å². The molecule has 0 aromatic heterocycles. The molecule has 0 fully saturated rings.